The Kier molecular flexibility index (Phi) is 6.96. The smallest absolute Gasteiger partial charge is 0.162 e. The molecule has 3 atom stereocenters. The number of benzene rings is 6. The summed E-state index contributed by atoms with van der Waals surface area (Å²) in [6.07, 6.45) is 15.4. The van der Waals surface area contributed by atoms with Crippen molar-refractivity contribution in [1.29, 1.82) is 0 Å². The van der Waals surface area contributed by atoms with E-state index in [1.54, 1.807) is 0 Å². The van der Waals surface area contributed by atoms with Crippen LogP contribution >= 0.6 is 0 Å². The minimum absolute atomic E-state index is 0.0752. The van der Waals surface area contributed by atoms with Gasteiger partial charge in [0.25, 0.3) is 0 Å². The molecule has 8 aromatic rings. The van der Waals surface area contributed by atoms with Gasteiger partial charge in [0.15, 0.2) is 5.82 Å². The molecule has 274 valence electrons. The minimum atomic E-state index is 0.0752. The first-order valence-corrected chi connectivity index (χ1v) is 20.4. The van der Waals surface area contributed by atoms with Gasteiger partial charge in [0.1, 0.15) is 0 Å². The highest BCUT2D eigenvalue weighted by Crippen LogP contribution is 2.48. The Hall–Kier alpha value is -6.65. The van der Waals surface area contributed by atoms with Gasteiger partial charge in [0.2, 0.25) is 0 Å². The third kappa shape index (κ3) is 4.70. The fraction of sp³-hybridized carbons (Fsp3) is 0.151. The number of rotatable bonds is 3. The fourth-order valence-electron chi connectivity index (χ4n) is 10.5. The molecule has 3 unspecified atom stereocenters. The summed E-state index contributed by atoms with van der Waals surface area (Å²) in [6.45, 7) is 4.73. The maximum Gasteiger partial charge on any atom is 0.162 e. The largest absolute Gasteiger partial charge is 0.359 e. The second kappa shape index (κ2) is 12.2. The van der Waals surface area contributed by atoms with E-state index in [1.807, 2.05) is 0 Å². The molecular formula is C53H42N4. The standard InChI is InChI=1S/C53H42N4/c1-32-21-24-41-42-30-44-50(31-49(42)57(48(41)27-32)53-52(35-14-5-4-6-15-35)55(3)46-20-12-11-19-45(46)54-53)56(37-23-22-34-13-7-8-16-36(34)29-37)47-26-25-40-39-18-10-9-17-38(39)33(2)28-43(40)51(44)47/h4-26,29-33,46H,27-28H2,1-3H3. The normalized spacial score (nSPS) is 19.7. The van der Waals surface area contributed by atoms with Crippen LogP contribution in [0.5, 0.6) is 0 Å². The van der Waals surface area contributed by atoms with E-state index in [9.17, 15) is 0 Å². The van der Waals surface area contributed by atoms with Gasteiger partial charge in [-0.15, -0.1) is 0 Å². The van der Waals surface area contributed by atoms with Crippen LogP contribution in [-0.4, -0.2) is 32.8 Å². The van der Waals surface area contributed by atoms with Crippen LogP contribution in [-0.2, 0) is 12.8 Å². The first-order valence-electron chi connectivity index (χ1n) is 20.4. The molecule has 3 heterocycles. The van der Waals surface area contributed by atoms with E-state index in [1.165, 1.54) is 88.2 Å². The Labute approximate surface area is 332 Å². The van der Waals surface area contributed by atoms with Crippen LogP contribution < -0.4 is 0 Å². The molecule has 0 N–H and O–H groups in total. The number of hydrogen-bond donors (Lipinski definition) is 0. The van der Waals surface area contributed by atoms with Gasteiger partial charge in [0.05, 0.1) is 34.0 Å². The first kappa shape index (κ1) is 32.6. The lowest BCUT2D eigenvalue weighted by Crippen LogP contribution is -2.39. The van der Waals surface area contributed by atoms with E-state index in [0.717, 1.165) is 30.1 Å². The van der Waals surface area contributed by atoms with Crippen molar-refractivity contribution in [3.05, 3.63) is 180 Å². The Balaban J connectivity index is 1.23. The molecule has 12 rings (SSSR count). The molecule has 57 heavy (non-hydrogen) atoms. The number of likely N-dealkylation sites (N-methyl/N-ethyl adjacent to an activating group) is 1. The number of allylic oxidation sites excluding steroid dienone is 3. The fourth-order valence-corrected chi connectivity index (χ4v) is 10.5. The highest BCUT2D eigenvalue weighted by atomic mass is 15.2. The van der Waals surface area contributed by atoms with Crippen molar-refractivity contribution in [2.75, 3.05) is 7.05 Å². The van der Waals surface area contributed by atoms with E-state index < -0.39 is 0 Å². The maximum atomic E-state index is 5.61. The van der Waals surface area contributed by atoms with Crippen molar-refractivity contribution in [2.24, 2.45) is 10.9 Å². The van der Waals surface area contributed by atoms with Gasteiger partial charge >= 0.3 is 0 Å². The summed E-state index contributed by atoms with van der Waals surface area (Å²) in [4.78, 5) is 8.03. The third-order valence-electron chi connectivity index (χ3n) is 13.1. The first-order chi connectivity index (χ1) is 28.0. The van der Waals surface area contributed by atoms with Crippen molar-refractivity contribution < 1.29 is 0 Å². The molecule has 4 nitrogen and oxygen atoms in total. The van der Waals surface area contributed by atoms with Crippen LogP contribution in [0.2, 0.25) is 0 Å². The summed E-state index contributed by atoms with van der Waals surface area (Å²) in [5.41, 5.74) is 16.5. The van der Waals surface area contributed by atoms with Crippen molar-refractivity contribution in [3.63, 3.8) is 0 Å². The predicted octanol–water partition coefficient (Wildman–Crippen LogP) is 12.6. The maximum absolute atomic E-state index is 5.61. The lowest BCUT2D eigenvalue weighted by molar-refractivity contribution is 0.474. The molecule has 4 aliphatic rings. The molecule has 2 aromatic heterocycles. The average Bonchev–Trinajstić information content (AvgIpc) is 3.74. The van der Waals surface area contributed by atoms with Crippen LogP contribution in [0.25, 0.3) is 77.9 Å². The molecule has 0 saturated carbocycles. The van der Waals surface area contributed by atoms with E-state index in [-0.39, 0.29) is 6.04 Å². The summed E-state index contributed by atoms with van der Waals surface area (Å²) < 4.78 is 5.06. The Bertz CT molecular complexity index is 3180. The molecule has 3 aliphatic carbocycles. The quantitative estimate of drug-likeness (QED) is 0.177. The van der Waals surface area contributed by atoms with E-state index >= 15 is 0 Å². The summed E-state index contributed by atoms with van der Waals surface area (Å²) in [5, 5.41) is 6.46. The zero-order valence-corrected chi connectivity index (χ0v) is 32.4. The Morgan fingerprint density at radius 2 is 1.44 bits per heavy atom. The van der Waals surface area contributed by atoms with Crippen LogP contribution in [0, 0.1) is 5.92 Å². The summed E-state index contributed by atoms with van der Waals surface area (Å²) in [6, 6.07) is 45.4. The number of hydrogen-bond acceptors (Lipinski definition) is 2. The average molecular weight is 735 g/mol. The Morgan fingerprint density at radius 1 is 0.632 bits per heavy atom. The molecule has 0 saturated heterocycles. The number of nitrogens with zero attached hydrogens (tertiary/aromatic N) is 4. The van der Waals surface area contributed by atoms with Gasteiger partial charge in [-0.25, -0.2) is 4.99 Å². The van der Waals surface area contributed by atoms with Gasteiger partial charge in [0, 0.05) is 45.7 Å². The lowest BCUT2D eigenvalue weighted by atomic mass is 9.78. The summed E-state index contributed by atoms with van der Waals surface area (Å²) in [5.74, 6) is 1.83. The van der Waals surface area contributed by atoms with Gasteiger partial charge in [-0.2, -0.15) is 0 Å². The van der Waals surface area contributed by atoms with E-state index in [4.69, 9.17) is 4.99 Å². The topological polar surface area (TPSA) is 25.5 Å². The van der Waals surface area contributed by atoms with Gasteiger partial charge in [-0.1, -0.05) is 135 Å². The van der Waals surface area contributed by atoms with Gasteiger partial charge < -0.3 is 9.47 Å². The SMILES string of the molecule is CC1C=Cc2c(n(C3=C(c4ccccc4)N(C)C4C=CC=CC4=N3)c3cc4c(cc23)c2c3c(ccc2n4-c2ccc4ccccc4c2)-c2ccccc2C(C)C3)C1. The van der Waals surface area contributed by atoms with Crippen molar-refractivity contribution in [1.82, 2.24) is 14.0 Å². The summed E-state index contributed by atoms with van der Waals surface area (Å²) >= 11 is 0. The highest BCUT2D eigenvalue weighted by molar-refractivity contribution is 6.18. The monoisotopic (exact) mass is 734 g/mol. The van der Waals surface area contributed by atoms with Gasteiger partial charge in [-0.3, -0.25) is 4.57 Å². The van der Waals surface area contributed by atoms with Crippen molar-refractivity contribution in [3.8, 4) is 16.8 Å². The van der Waals surface area contributed by atoms with Crippen LogP contribution in [0.1, 0.15) is 47.7 Å². The number of aliphatic imine (C=N–C) groups is 1. The van der Waals surface area contributed by atoms with Crippen LogP contribution in [0.3, 0.4) is 0 Å². The molecule has 6 aromatic carbocycles. The molecule has 4 heteroatoms. The zero-order chi connectivity index (χ0) is 37.9. The molecule has 0 spiro atoms. The van der Waals surface area contributed by atoms with Crippen LogP contribution in [0.15, 0.2) is 157 Å². The summed E-state index contributed by atoms with van der Waals surface area (Å²) in [7, 11) is 2.23. The van der Waals surface area contributed by atoms with Crippen molar-refractivity contribution >= 4 is 66.8 Å². The second-order valence-electron chi connectivity index (χ2n) is 16.5. The Morgan fingerprint density at radius 3 is 2.33 bits per heavy atom. The molecule has 0 fully saturated rings. The van der Waals surface area contributed by atoms with Crippen molar-refractivity contribution in [2.45, 2.75) is 38.6 Å². The number of aromatic nitrogens is 2. The molecule has 1 aliphatic heterocycles. The molecular weight excluding hydrogens is 693 g/mol. The number of fused-ring (bicyclic) bond motifs is 12. The van der Waals surface area contributed by atoms with E-state index in [0.29, 0.717) is 11.8 Å². The van der Waals surface area contributed by atoms with Gasteiger partial charge in [-0.05, 0) is 94.1 Å². The highest BCUT2D eigenvalue weighted by Gasteiger charge is 2.33. The second-order valence-corrected chi connectivity index (χ2v) is 16.5. The van der Waals surface area contributed by atoms with Crippen LogP contribution in [0.4, 0.5) is 0 Å². The van der Waals surface area contributed by atoms with E-state index in [2.05, 4.69) is 193 Å². The predicted molar refractivity (Wildman–Crippen MR) is 240 cm³/mol. The minimum Gasteiger partial charge on any atom is -0.359 e. The lowest BCUT2D eigenvalue weighted by Gasteiger charge is -2.37. The molecule has 0 bridgehead atoms. The molecule has 0 radical (unpaired) electrons. The molecule has 0 amide bonds. The zero-order valence-electron chi connectivity index (χ0n) is 32.4. The third-order valence-corrected chi connectivity index (χ3v) is 13.1.